The van der Waals surface area contributed by atoms with Crippen molar-refractivity contribution in [1.29, 1.82) is 0 Å². The molecular weight excluding hydrogens is 457 g/mol. The fraction of sp³-hybridized carbons (Fsp3) is 0.368. The lowest BCUT2D eigenvalue weighted by atomic mass is 10.2. The largest absolute Gasteiger partial charge is 0.465 e. The van der Waals surface area contributed by atoms with E-state index >= 15 is 0 Å². The number of ether oxygens (including phenoxy) is 2. The first-order valence-corrected chi connectivity index (χ1v) is 11.2. The van der Waals surface area contributed by atoms with Crippen molar-refractivity contribution in [1.82, 2.24) is 4.72 Å². The number of furan rings is 1. The number of carbonyl (C=O) groups excluding carboxylic acids is 2. The van der Waals surface area contributed by atoms with Crippen molar-refractivity contribution >= 4 is 45.2 Å². The fourth-order valence-electron chi connectivity index (χ4n) is 2.30. The van der Waals surface area contributed by atoms with Crippen LogP contribution in [0.15, 0.2) is 33.8 Å². The van der Waals surface area contributed by atoms with Gasteiger partial charge in [-0.05, 0) is 31.0 Å². The van der Waals surface area contributed by atoms with Gasteiger partial charge in [-0.15, -0.1) is 0 Å². The van der Waals surface area contributed by atoms with Gasteiger partial charge in [-0.3, -0.25) is 0 Å². The van der Waals surface area contributed by atoms with E-state index in [0.717, 1.165) is 12.1 Å². The first-order valence-electron chi connectivity index (χ1n) is 8.96. The van der Waals surface area contributed by atoms with Crippen LogP contribution >= 0.6 is 23.2 Å². The molecule has 1 aromatic heterocycles. The Labute approximate surface area is 184 Å². The van der Waals surface area contributed by atoms with E-state index in [1.165, 1.54) is 12.3 Å². The van der Waals surface area contributed by atoms with Crippen LogP contribution in [0.4, 0.5) is 0 Å². The van der Waals surface area contributed by atoms with Gasteiger partial charge in [0.2, 0.25) is 10.0 Å². The quantitative estimate of drug-likeness (QED) is 0.541. The van der Waals surface area contributed by atoms with Gasteiger partial charge in [-0.25, -0.2) is 22.7 Å². The van der Waals surface area contributed by atoms with Crippen LogP contribution in [0.2, 0.25) is 10.0 Å². The molecule has 0 saturated heterocycles. The summed E-state index contributed by atoms with van der Waals surface area (Å²) in [5.74, 6) is -1.38. The van der Waals surface area contributed by atoms with E-state index in [1.807, 2.05) is 13.8 Å². The van der Waals surface area contributed by atoms with Crippen molar-refractivity contribution < 1.29 is 31.9 Å². The number of esters is 2. The van der Waals surface area contributed by atoms with Gasteiger partial charge < -0.3 is 13.9 Å². The van der Waals surface area contributed by atoms with Gasteiger partial charge in [-0.2, -0.15) is 0 Å². The predicted molar refractivity (Wildman–Crippen MR) is 110 cm³/mol. The predicted octanol–water partition coefficient (Wildman–Crippen LogP) is 4.05. The molecule has 0 unspecified atom stereocenters. The number of sulfonamides is 1. The zero-order valence-corrected chi connectivity index (χ0v) is 18.9. The van der Waals surface area contributed by atoms with Crippen LogP contribution < -0.4 is 4.72 Å². The monoisotopic (exact) mass is 477 g/mol. The van der Waals surface area contributed by atoms with Gasteiger partial charge in [0.25, 0.3) is 0 Å². The zero-order valence-electron chi connectivity index (χ0n) is 16.5. The minimum atomic E-state index is -3.97. The third kappa shape index (κ3) is 5.98. The van der Waals surface area contributed by atoms with Crippen molar-refractivity contribution in [2.75, 3.05) is 13.2 Å². The number of hydrogen-bond acceptors (Lipinski definition) is 7. The molecule has 0 bridgehead atoms. The Kier molecular flexibility index (Phi) is 8.31. The lowest BCUT2D eigenvalue weighted by Crippen LogP contribution is -2.28. The van der Waals surface area contributed by atoms with Crippen LogP contribution in [0, 0.1) is 5.92 Å². The maximum absolute atomic E-state index is 12.5. The Hall–Kier alpha value is -2.07. The molecule has 2 rings (SSSR count). The van der Waals surface area contributed by atoms with Gasteiger partial charge >= 0.3 is 11.9 Å². The number of rotatable bonds is 9. The van der Waals surface area contributed by atoms with E-state index in [9.17, 15) is 18.0 Å². The lowest BCUT2D eigenvalue weighted by molar-refractivity contribution is 0.0422. The first kappa shape index (κ1) is 24.2. The molecule has 8 nitrogen and oxygen atoms in total. The van der Waals surface area contributed by atoms with Crippen LogP contribution in [0.5, 0.6) is 0 Å². The molecule has 164 valence electrons. The highest BCUT2D eigenvalue weighted by atomic mass is 35.5. The van der Waals surface area contributed by atoms with Crippen molar-refractivity contribution in [2.24, 2.45) is 5.92 Å². The second kappa shape index (κ2) is 10.3. The first-order chi connectivity index (χ1) is 14.1. The number of benzene rings is 1. The highest BCUT2D eigenvalue weighted by molar-refractivity contribution is 7.89. The van der Waals surface area contributed by atoms with E-state index in [2.05, 4.69) is 4.72 Å². The maximum atomic E-state index is 12.5. The molecule has 1 N–H and O–H groups in total. The molecule has 11 heteroatoms. The van der Waals surface area contributed by atoms with Crippen molar-refractivity contribution in [3.05, 3.63) is 51.4 Å². The summed E-state index contributed by atoms with van der Waals surface area (Å²) >= 11 is 12.1. The molecule has 0 radical (unpaired) electrons. The highest BCUT2D eigenvalue weighted by Crippen LogP contribution is 2.29. The van der Waals surface area contributed by atoms with Crippen molar-refractivity contribution in [2.45, 2.75) is 32.3 Å². The third-order valence-electron chi connectivity index (χ3n) is 3.79. The minimum absolute atomic E-state index is 0.0668. The van der Waals surface area contributed by atoms with Crippen LogP contribution in [0.25, 0.3) is 0 Å². The maximum Gasteiger partial charge on any atom is 0.341 e. The van der Waals surface area contributed by atoms with E-state index in [-0.39, 0.29) is 57.5 Å². The topological polar surface area (TPSA) is 112 Å². The van der Waals surface area contributed by atoms with Crippen LogP contribution in [-0.4, -0.2) is 33.5 Å². The molecule has 0 fully saturated rings. The molecule has 0 aliphatic carbocycles. The standard InChI is InChI=1S/C19H21Cl2NO7S/c1-4-27-18(23)12-5-6-28-16(12)10-29-19(24)13-7-17(15(21)8-14(13)20)30(25,26)22-9-11(2)3/h5-8,11,22H,4,9-10H2,1-3H3. The number of halogens is 2. The van der Waals surface area contributed by atoms with Gasteiger partial charge in [0.05, 0.1) is 28.5 Å². The molecule has 1 heterocycles. The Balaban J connectivity index is 2.23. The van der Waals surface area contributed by atoms with E-state index in [4.69, 9.17) is 37.1 Å². The van der Waals surface area contributed by atoms with Gasteiger partial charge in [0.15, 0.2) is 12.4 Å². The molecule has 0 aliphatic rings. The average Bonchev–Trinajstić information content (AvgIpc) is 3.13. The van der Waals surface area contributed by atoms with Gasteiger partial charge in [0, 0.05) is 6.54 Å². The lowest BCUT2D eigenvalue weighted by Gasteiger charge is -2.12. The second-order valence-electron chi connectivity index (χ2n) is 6.56. The average molecular weight is 478 g/mol. The molecule has 0 atom stereocenters. The van der Waals surface area contributed by atoms with Crippen LogP contribution in [-0.2, 0) is 26.1 Å². The summed E-state index contributed by atoms with van der Waals surface area (Å²) in [6, 6.07) is 3.59. The molecule has 0 saturated carbocycles. The number of carbonyl (C=O) groups is 2. The third-order valence-corrected chi connectivity index (χ3v) is 5.99. The summed E-state index contributed by atoms with van der Waals surface area (Å²) in [6.45, 7) is 5.32. The summed E-state index contributed by atoms with van der Waals surface area (Å²) in [5.41, 5.74) is -0.0803. The van der Waals surface area contributed by atoms with E-state index < -0.39 is 22.0 Å². The molecule has 0 aliphatic heterocycles. The van der Waals surface area contributed by atoms with Crippen molar-refractivity contribution in [3.63, 3.8) is 0 Å². The molecular formula is C19H21Cl2NO7S. The minimum Gasteiger partial charge on any atom is -0.465 e. The SMILES string of the molecule is CCOC(=O)c1ccoc1COC(=O)c1cc(S(=O)(=O)NCC(C)C)c(Cl)cc1Cl. The second-order valence-corrected chi connectivity index (χ2v) is 9.11. The fourth-order valence-corrected chi connectivity index (χ4v) is 4.36. The summed E-state index contributed by atoms with van der Waals surface area (Å²) < 4.78 is 42.6. The van der Waals surface area contributed by atoms with E-state index in [0.29, 0.717) is 0 Å². The summed E-state index contributed by atoms with van der Waals surface area (Å²) in [6.07, 6.45) is 1.26. The smallest absolute Gasteiger partial charge is 0.341 e. The Bertz CT molecular complexity index is 1030. The molecule has 2 aromatic rings. The normalized spacial score (nSPS) is 11.5. The van der Waals surface area contributed by atoms with Gasteiger partial charge in [0.1, 0.15) is 10.5 Å². The molecule has 0 spiro atoms. The van der Waals surface area contributed by atoms with Gasteiger partial charge in [-0.1, -0.05) is 37.0 Å². The Morgan fingerprint density at radius 1 is 1.10 bits per heavy atom. The van der Waals surface area contributed by atoms with Crippen LogP contribution in [0.1, 0.15) is 47.2 Å². The zero-order chi connectivity index (χ0) is 22.5. The highest BCUT2D eigenvalue weighted by Gasteiger charge is 2.24. The number of nitrogens with one attached hydrogen (secondary N) is 1. The summed E-state index contributed by atoms with van der Waals surface area (Å²) in [7, 11) is -3.97. The molecule has 1 aromatic carbocycles. The van der Waals surface area contributed by atoms with Crippen LogP contribution in [0.3, 0.4) is 0 Å². The summed E-state index contributed by atoms with van der Waals surface area (Å²) in [5, 5.41) is -0.221. The molecule has 30 heavy (non-hydrogen) atoms. The molecule has 0 amide bonds. The van der Waals surface area contributed by atoms with E-state index in [1.54, 1.807) is 6.92 Å². The Morgan fingerprint density at radius 3 is 2.40 bits per heavy atom. The summed E-state index contributed by atoms with van der Waals surface area (Å²) in [4.78, 5) is 24.1. The Morgan fingerprint density at radius 2 is 1.77 bits per heavy atom. The number of hydrogen-bond donors (Lipinski definition) is 1. The van der Waals surface area contributed by atoms with Crippen molar-refractivity contribution in [3.8, 4) is 0 Å².